The Hall–Kier alpha value is -1.43. The van der Waals surface area contributed by atoms with Crippen LogP contribution in [0.4, 0.5) is 5.00 Å². The first kappa shape index (κ1) is 8.18. The summed E-state index contributed by atoms with van der Waals surface area (Å²) >= 11 is 1.22. The summed E-state index contributed by atoms with van der Waals surface area (Å²) in [6.07, 6.45) is 3.65. The molecular formula is C7H9N5S. The molecule has 0 saturated heterocycles. The van der Waals surface area contributed by atoms with Crippen molar-refractivity contribution in [3.05, 3.63) is 23.9 Å². The van der Waals surface area contributed by atoms with Gasteiger partial charge in [-0.1, -0.05) is 4.49 Å². The van der Waals surface area contributed by atoms with E-state index in [1.807, 2.05) is 17.7 Å². The van der Waals surface area contributed by atoms with Gasteiger partial charge in [-0.25, -0.2) is 4.98 Å². The van der Waals surface area contributed by atoms with E-state index in [0.717, 1.165) is 11.5 Å². The molecular weight excluding hydrogens is 186 g/mol. The largest absolute Gasteiger partial charge is 0.388 e. The number of imidazole rings is 1. The molecule has 13 heavy (non-hydrogen) atoms. The Morgan fingerprint density at radius 1 is 1.62 bits per heavy atom. The average Bonchev–Trinajstić information content (AvgIpc) is 2.65. The number of hydrogen-bond donors (Lipinski definition) is 1. The predicted molar refractivity (Wildman–Crippen MR) is 50.4 cm³/mol. The number of rotatable bonds is 2. The quantitative estimate of drug-likeness (QED) is 0.764. The summed E-state index contributed by atoms with van der Waals surface area (Å²) in [5.41, 5.74) is 6.48. The van der Waals surface area contributed by atoms with Crippen molar-refractivity contribution < 1.29 is 0 Å². The second-order valence-electron chi connectivity index (χ2n) is 2.69. The number of aryl methyl sites for hydroxylation is 1. The van der Waals surface area contributed by atoms with Gasteiger partial charge in [0, 0.05) is 23.9 Å². The standard InChI is InChI=1S/C7H9N5S/c1-5-9-2-3-12(5)4-6-7(8)13-11-10-6/h2-3H,4,8H2,1H3. The molecule has 0 saturated carbocycles. The van der Waals surface area contributed by atoms with Crippen molar-refractivity contribution in [3.63, 3.8) is 0 Å². The molecule has 0 bridgehead atoms. The zero-order chi connectivity index (χ0) is 9.26. The lowest BCUT2D eigenvalue weighted by molar-refractivity contribution is 0.740. The minimum atomic E-state index is 0.647. The molecule has 2 aromatic rings. The maximum absolute atomic E-state index is 5.67. The van der Waals surface area contributed by atoms with E-state index in [4.69, 9.17) is 5.73 Å². The van der Waals surface area contributed by atoms with E-state index in [9.17, 15) is 0 Å². The second-order valence-corrected chi connectivity index (χ2v) is 3.47. The van der Waals surface area contributed by atoms with Gasteiger partial charge in [0.15, 0.2) is 0 Å². The summed E-state index contributed by atoms with van der Waals surface area (Å²) < 4.78 is 5.74. The van der Waals surface area contributed by atoms with E-state index in [2.05, 4.69) is 14.6 Å². The summed E-state index contributed by atoms with van der Waals surface area (Å²) in [5.74, 6) is 0.951. The highest BCUT2D eigenvalue weighted by atomic mass is 32.1. The van der Waals surface area contributed by atoms with Crippen LogP contribution < -0.4 is 5.73 Å². The van der Waals surface area contributed by atoms with Crippen molar-refractivity contribution in [2.45, 2.75) is 13.5 Å². The minimum Gasteiger partial charge on any atom is -0.388 e. The molecule has 2 heterocycles. The topological polar surface area (TPSA) is 69.6 Å². The third kappa shape index (κ3) is 1.52. The number of aromatic nitrogens is 4. The summed E-state index contributed by atoms with van der Waals surface area (Å²) in [5, 5.41) is 4.60. The van der Waals surface area contributed by atoms with Crippen molar-refractivity contribution >= 4 is 16.5 Å². The van der Waals surface area contributed by atoms with Crippen LogP contribution >= 0.6 is 11.5 Å². The number of hydrogen-bond acceptors (Lipinski definition) is 5. The zero-order valence-electron chi connectivity index (χ0n) is 7.14. The van der Waals surface area contributed by atoms with Gasteiger partial charge in [0.1, 0.15) is 16.5 Å². The lowest BCUT2D eigenvalue weighted by atomic mass is 10.4. The Bertz CT molecular complexity index is 366. The van der Waals surface area contributed by atoms with Crippen molar-refractivity contribution in [2.75, 3.05) is 5.73 Å². The number of nitrogens with two attached hydrogens (primary N) is 1. The Balaban J connectivity index is 2.24. The van der Waals surface area contributed by atoms with Gasteiger partial charge in [-0.2, -0.15) is 0 Å². The zero-order valence-corrected chi connectivity index (χ0v) is 7.95. The van der Waals surface area contributed by atoms with Crippen molar-refractivity contribution in [3.8, 4) is 0 Å². The van der Waals surface area contributed by atoms with Crippen LogP contribution in [0.3, 0.4) is 0 Å². The van der Waals surface area contributed by atoms with Crippen molar-refractivity contribution in [1.29, 1.82) is 0 Å². The van der Waals surface area contributed by atoms with Gasteiger partial charge in [0.05, 0.1) is 6.54 Å². The van der Waals surface area contributed by atoms with Crippen LogP contribution in [0.15, 0.2) is 12.4 Å². The number of nitrogen functional groups attached to an aromatic ring is 1. The Labute approximate surface area is 79.4 Å². The van der Waals surface area contributed by atoms with Crippen LogP contribution in [0.2, 0.25) is 0 Å². The number of nitrogens with zero attached hydrogens (tertiary/aromatic N) is 4. The minimum absolute atomic E-state index is 0.647. The van der Waals surface area contributed by atoms with Gasteiger partial charge in [-0.3, -0.25) is 0 Å². The average molecular weight is 195 g/mol. The Kier molecular flexibility index (Phi) is 1.97. The third-order valence-electron chi connectivity index (χ3n) is 1.83. The van der Waals surface area contributed by atoms with E-state index >= 15 is 0 Å². The van der Waals surface area contributed by atoms with Crippen molar-refractivity contribution in [1.82, 2.24) is 19.1 Å². The van der Waals surface area contributed by atoms with Crippen LogP contribution in [0, 0.1) is 6.92 Å². The molecule has 6 heteroatoms. The molecule has 5 nitrogen and oxygen atoms in total. The van der Waals surface area contributed by atoms with Gasteiger partial charge in [0.25, 0.3) is 0 Å². The molecule has 0 fully saturated rings. The second kappa shape index (κ2) is 3.14. The highest BCUT2D eigenvalue weighted by molar-refractivity contribution is 7.09. The highest BCUT2D eigenvalue weighted by Gasteiger charge is 2.05. The van der Waals surface area contributed by atoms with Gasteiger partial charge in [-0.05, 0) is 6.92 Å². The summed E-state index contributed by atoms with van der Waals surface area (Å²) in [4.78, 5) is 4.10. The first-order valence-corrected chi connectivity index (χ1v) is 4.59. The summed E-state index contributed by atoms with van der Waals surface area (Å²) in [6, 6.07) is 0. The molecule has 2 rings (SSSR count). The lowest BCUT2D eigenvalue weighted by Crippen LogP contribution is -2.03. The van der Waals surface area contributed by atoms with Gasteiger partial charge in [0.2, 0.25) is 0 Å². The molecule has 0 spiro atoms. The van der Waals surface area contributed by atoms with Crippen LogP contribution in [-0.4, -0.2) is 19.1 Å². The first-order chi connectivity index (χ1) is 6.27. The fraction of sp³-hybridized carbons (Fsp3) is 0.286. The van der Waals surface area contributed by atoms with E-state index in [1.165, 1.54) is 11.5 Å². The summed E-state index contributed by atoms with van der Waals surface area (Å²) in [7, 11) is 0. The highest BCUT2D eigenvalue weighted by Crippen LogP contribution is 2.14. The molecule has 2 N–H and O–H groups in total. The van der Waals surface area contributed by atoms with Gasteiger partial charge < -0.3 is 10.3 Å². The smallest absolute Gasteiger partial charge is 0.132 e. The monoisotopic (exact) mass is 195 g/mol. The van der Waals surface area contributed by atoms with Crippen LogP contribution in [0.25, 0.3) is 0 Å². The van der Waals surface area contributed by atoms with E-state index in [0.29, 0.717) is 11.5 Å². The molecule has 0 atom stereocenters. The maximum atomic E-state index is 5.67. The van der Waals surface area contributed by atoms with E-state index in [-0.39, 0.29) is 0 Å². The normalized spacial score (nSPS) is 10.5. The first-order valence-electron chi connectivity index (χ1n) is 3.82. The molecule has 0 amide bonds. The lowest BCUT2D eigenvalue weighted by Gasteiger charge is -2.01. The fourth-order valence-electron chi connectivity index (χ4n) is 1.06. The maximum Gasteiger partial charge on any atom is 0.132 e. The van der Waals surface area contributed by atoms with Crippen LogP contribution in [-0.2, 0) is 6.54 Å². The molecule has 0 aliphatic carbocycles. The van der Waals surface area contributed by atoms with E-state index < -0.39 is 0 Å². The molecule has 0 radical (unpaired) electrons. The summed E-state index contributed by atoms with van der Waals surface area (Å²) in [6.45, 7) is 2.59. The fourth-order valence-corrected chi connectivity index (χ4v) is 1.50. The molecule has 68 valence electrons. The molecule has 2 aromatic heterocycles. The Morgan fingerprint density at radius 3 is 3.00 bits per heavy atom. The van der Waals surface area contributed by atoms with Crippen LogP contribution in [0.5, 0.6) is 0 Å². The van der Waals surface area contributed by atoms with Gasteiger partial charge >= 0.3 is 0 Å². The van der Waals surface area contributed by atoms with Gasteiger partial charge in [-0.15, -0.1) is 5.10 Å². The van der Waals surface area contributed by atoms with E-state index in [1.54, 1.807) is 6.20 Å². The molecule has 0 unspecified atom stereocenters. The number of anilines is 1. The van der Waals surface area contributed by atoms with Crippen molar-refractivity contribution in [2.24, 2.45) is 0 Å². The molecule has 0 aliphatic heterocycles. The molecule has 0 aliphatic rings. The SMILES string of the molecule is Cc1nccn1Cc1nnsc1N. The Morgan fingerprint density at radius 2 is 2.46 bits per heavy atom. The predicted octanol–water partition coefficient (Wildman–Crippen LogP) is 0.674. The van der Waals surface area contributed by atoms with Crippen LogP contribution in [0.1, 0.15) is 11.5 Å². The molecule has 0 aromatic carbocycles. The third-order valence-corrected chi connectivity index (χ3v) is 2.42.